The number of hydrazone groups is 1. The van der Waals surface area contributed by atoms with Gasteiger partial charge < -0.3 is 4.42 Å². The number of nitrogens with zero attached hydrogens (tertiary/aromatic N) is 2. The maximum atomic E-state index is 11.9. The zero-order valence-electron chi connectivity index (χ0n) is 12.1. The minimum atomic E-state index is -0.359. The van der Waals surface area contributed by atoms with E-state index in [0.717, 1.165) is 5.56 Å². The van der Waals surface area contributed by atoms with E-state index in [1.165, 1.54) is 6.21 Å². The number of rotatable bonds is 5. The van der Waals surface area contributed by atoms with Crippen LogP contribution < -0.4 is 5.43 Å². The molecule has 0 spiro atoms. The lowest BCUT2D eigenvalue weighted by Gasteiger charge is -1.94. The highest BCUT2D eigenvalue weighted by molar-refractivity contribution is 5.93. The number of hydrogen-bond acceptors (Lipinski definition) is 4. The lowest BCUT2D eigenvalue weighted by Crippen LogP contribution is -2.17. The molecule has 0 aliphatic carbocycles. The standard InChI is InChI=1S/C17H14N4O2/c22-17(21-18-10-4-8-14-9-5-11-23-14)16-12-15(19-20-16)13-6-2-1-3-7-13/h1-12H,(H,19,20)(H,21,22). The van der Waals surface area contributed by atoms with Crippen LogP contribution in [-0.4, -0.2) is 22.3 Å². The molecule has 0 aliphatic rings. The van der Waals surface area contributed by atoms with Gasteiger partial charge in [-0.1, -0.05) is 30.3 Å². The number of hydrogen-bond donors (Lipinski definition) is 2. The summed E-state index contributed by atoms with van der Waals surface area (Å²) >= 11 is 0. The minimum absolute atomic E-state index is 0.344. The number of benzene rings is 1. The molecule has 1 amide bonds. The van der Waals surface area contributed by atoms with Crippen LogP contribution in [0.5, 0.6) is 0 Å². The maximum absolute atomic E-state index is 11.9. The number of amides is 1. The molecule has 0 bridgehead atoms. The third-order valence-corrected chi connectivity index (χ3v) is 3.02. The number of H-pyrrole nitrogens is 1. The number of aromatic nitrogens is 2. The molecule has 1 aromatic carbocycles. The SMILES string of the molecule is O=C(NN=CC=Cc1ccco1)c1cc(-c2ccccc2)n[nH]1. The summed E-state index contributed by atoms with van der Waals surface area (Å²) in [5, 5.41) is 10.6. The molecule has 6 nitrogen and oxygen atoms in total. The molecule has 0 aliphatic heterocycles. The topological polar surface area (TPSA) is 83.3 Å². The molecule has 0 saturated heterocycles. The van der Waals surface area contributed by atoms with Gasteiger partial charge in [0.15, 0.2) is 0 Å². The third-order valence-electron chi connectivity index (χ3n) is 3.02. The van der Waals surface area contributed by atoms with Crippen molar-refractivity contribution in [3.63, 3.8) is 0 Å². The Bertz CT molecular complexity index is 817. The second kappa shape index (κ2) is 7.04. The smallest absolute Gasteiger partial charge is 0.289 e. The summed E-state index contributed by atoms with van der Waals surface area (Å²) in [5.74, 6) is 0.353. The Morgan fingerprint density at radius 2 is 2.09 bits per heavy atom. The highest BCUT2D eigenvalue weighted by Gasteiger charge is 2.09. The quantitative estimate of drug-likeness (QED) is 0.561. The van der Waals surface area contributed by atoms with Gasteiger partial charge in [0.2, 0.25) is 0 Å². The Hall–Kier alpha value is -3.41. The van der Waals surface area contributed by atoms with Crippen molar-refractivity contribution in [3.05, 3.63) is 72.3 Å². The molecule has 0 saturated carbocycles. The first-order valence-corrected chi connectivity index (χ1v) is 6.97. The van der Waals surface area contributed by atoms with Gasteiger partial charge in [-0.15, -0.1) is 0 Å². The Morgan fingerprint density at radius 1 is 1.22 bits per heavy atom. The fourth-order valence-electron chi connectivity index (χ4n) is 1.92. The summed E-state index contributed by atoms with van der Waals surface area (Å²) < 4.78 is 5.13. The van der Waals surface area contributed by atoms with Crippen molar-refractivity contribution in [3.8, 4) is 11.3 Å². The largest absolute Gasteiger partial charge is 0.465 e. The number of furan rings is 1. The van der Waals surface area contributed by atoms with Crippen LogP contribution in [-0.2, 0) is 0 Å². The van der Waals surface area contributed by atoms with E-state index in [9.17, 15) is 4.79 Å². The molecule has 2 aromatic heterocycles. The molecule has 2 N–H and O–H groups in total. The molecule has 0 atom stereocenters. The predicted molar refractivity (Wildman–Crippen MR) is 87.7 cm³/mol. The van der Waals surface area contributed by atoms with E-state index in [4.69, 9.17) is 4.42 Å². The van der Waals surface area contributed by atoms with Crippen LogP contribution in [0.3, 0.4) is 0 Å². The molecule has 3 rings (SSSR count). The lowest BCUT2D eigenvalue weighted by molar-refractivity contribution is 0.0950. The fraction of sp³-hybridized carbons (Fsp3) is 0. The van der Waals surface area contributed by atoms with Gasteiger partial charge in [0, 0.05) is 11.8 Å². The molecule has 23 heavy (non-hydrogen) atoms. The Kier molecular flexibility index (Phi) is 4.44. The van der Waals surface area contributed by atoms with Crippen LogP contribution in [0.15, 0.2) is 70.4 Å². The second-order valence-electron chi connectivity index (χ2n) is 4.63. The van der Waals surface area contributed by atoms with Crippen molar-refractivity contribution < 1.29 is 9.21 Å². The van der Waals surface area contributed by atoms with E-state index in [-0.39, 0.29) is 5.91 Å². The van der Waals surface area contributed by atoms with Crippen molar-refractivity contribution in [2.24, 2.45) is 5.10 Å². The molecule has 0 unspecified atom stereocenters. The summed E-state index contributed by atoms with van der Waals surface area (Å²) in [7, 11) is 0. The van der Waals surface area contributed by atoms with E-state index in [1.807, 2.05) is 36.4 Å². The van der Waals surface area contributed by atoms with E-state index in [1.54, 1.807) is 30.5 Å². The third kappa shape index (κ3) is 3.82. The van der Waals surface area contributed by atoms with E-state index < -0.39 is 0 Å². The number of aromatic amines is 1. The van der Waals surface area contributed by atoms with Crippen LogP contribution in [0.25, 0.3) is 17.3 Å². The first kappa shape index (κ1) is 14.5. The van der Waals surface area contributed by atoms with Crippen molar-refractivity contribution in [2.45, 2.75) is 0 Å². The summed E-state index contributed by atoms with van der Waals surface area (Å²) in [6.07, 6.45) is 6.46. The van der Waals surface area contributed by atoms with Crippen molar-refractivity contribution >= 4 is 18.2 Å². The first-order valence-electron chi connectivity index (χ1n) is 6.97. The Morgan fingerprint density at radius 3 is 2.87 bits per heavy atom. The summed E-state index contributed by atoms with van der Waals surface area (Å²) in [6, 6.07) is 14.9. The van der Waals surface area contributed by atoms with Gasteiger partial charge in [-0.05, 0) is 30.4 Å². The van der Waals surface area contributed by atoms with Crippen LogP contribution in [0, 0.1) is 0 Å². The average Bonchev–Trinajstić information content (AvgIpc) is 3.27. The molecule has 114 valence electrons. The Balaban J connectivity index is 1.57. The number of carbonyl (C=O) groups excluding carboxylic acids is 1. The van der Waals surface area contributed by atoms with Crippen LogP contribution in [0.1, 0.15) is 16.2 Å². The molecule has 3 aromatic rings. The minimum Gasteiger partial charge on any atom is -0.465 e. The zero-order chi connectivity index (χ0) is 15.9. The summed E-state index contributed by atoms with van der Waals surface area (Å²) in [6.45, 7) is 0. The molecule has 0 radical (unpaired) electrons. The normalized spacial score (nSPS) is 11.3. The second-order valence-corrected chi connectivity index (χ2v) is 4.63. The monoisotopic (exact) mass is 306 g/mol. The van der Waals surface area contributed by atoms with Gasteiger partial charge in [0.05, 0.1) is 12.0 Å². The number of carbonyl (C=O) groups is 1. The lowest BCUT2D eigenvalue weighted by atomic mass is 10.1. The van der Waals surface area contributed by atoms with Crippen molar-refractivity contribution in [2.75, 3.05) is 0 Å². The highest BCUT2D eigenvalue weighted by Crippen LogP contribution is 2.16. The number of nitrogens with one attached hydrogen (secondary N) is 2. The van der Waals surface area contributed by atoms with Gasteiger partial charge >= 0.3 is 0 Å². The molecule has 6 heteroatoms. The molecular formula is C17H14N4O2. The van der Waals surface area contributed by atoms with Crippen molar-refractivity contribution in [1.29, 1.82) is 0 Å². The van der Waals surface area contributed by atoms with Crippen LogP contribution in [0.2, 0.25) is 0 Å². The van der Waals surface area contributed by atoms with Gasteiger partial charge in [-0.3, -0.25) is 9.89 Å². The molecule has 0 fully saturated rings. The molecule has 2 heterocycles. The van der Waals surface area contributed by atoms with E-state index in [2.05, 4.69) is 20.7 Å². The number of allylic oxidation sites excluding steroid dienone is 1. The van der Waals surface area contributed by atoms with Crippen LogP contribution >= 0.6 is 0 Å². The van der Waals surface area contributed by atoms with Crippen LogP contribution in [0.4, 0.5) is 0 Å². The zero-order valence-corrected chi connectivity index (χ0v) is 12.1. The van der Waals surface area contributed by atoms with Gasteiger partial charge in [-0.25, -0.2) is 5.43 Å². The predicted octanol–water partition coefficient (Wildman–Crippen LogP) is 3.10. The van der Waals surface area contributed by atoms with E-state index >= 15 is 0 Å². The van der Waals surface area contributed by atoms with Gasteiger partial charge in [-0.2, -0.15) is 10.2 Å². The van der Waals surface area contributed by atoms with Crippen molar-refractivity contribution in [1.82, 2.24) is 15.6 Å². The molecular weight excluding hydrogens is 292 g/mol. The summed E-state index contributed by atoms with van der Waals surface area (Å²) in [5.41, 5.74) is 4.41. The van der Waals surface area contributed by atoms with Gasteiger partial charge in [0.1, 0.15) is 11.5 Å². The first-order chi connectivity index (χ1) is 11.3. The summed E-state index contributed by atoms with van der Waals surface area (Å²) in [4.78, 5) is 11.9. The Labute approximate surface area is 132 Å². The van der Waals surface area contributed by atoms with Gasteiger partial charge in [0.25, 0.3) is 5.91 Å². The maximum Gasteiger partial charge on any atom is 0.289 e. The van der Waals surface area contributed by atoms with E-state index in [0.29, 0.717) is 17.1 Å². The fourth-order valence-corrected chi connectivity index (χ4v) is 1.92. The average molecular weight is 306 g/mol. The highest BCUT2D eigenvalue weighted by atomic mass is 16.3.